The van der Waals surface area contributed by atoms with Crippen LogP contribution in [0.2, 0.25) is 0 Å². The van der Waals surface area contributed by atoms with Crippen LogP contribution in [0.5, 0.6) is 0 Å². The second-order valence-corrected chi connectivity index (χ2v) is 3.22. The van der Waals surface area contributed by atoms with E-state index in [1.165, 1.54) is 0 Å². The van der Waals surface area contributed by atoms with Gasteiger partial charge in [0.2, 0.25) is 0 Å². The third-order valence-electron chi connectivity index (χ3n) is 1.59. The summed E-state index contributed by atoms with van der Waals surface area (Å²) >= 11 is 3.26. The summed E-state index contributed by atoms with van der Waals surface area (Å²) in [5, 5.41) is 8.61. The smallest absolute Gasteiger partial charge is 0.191 e. The van der Waals surface area contributed by atoms with Crippen molar-refractivity contribution in [3.8, 4) is 0 Å². The van der Waals surface area contributed by atoms with Gasteiger partial charge in [0.25, 0.3) is 0 Å². The van der Waals surface area contributed by atoms with E-state index in [2.05, 4.69) is 26.1 Å². The van der Waals surface area contributed by atoms with Crippen LogP contribution in [0.15, 0.2) is 15.1 Å². The van der Waals surface area contributed by atoms with Crippen molar-refractivity contribution >= 4 is 32.8 Å². The minimum Gasteiger partial charge on any atom is -0.439 e. The van der Waals surface area contributed by atoms with E-state index in [9.17, 15) is 0 Å². The molecule has 0 bridgehead atoms. The van der Waals surface area contributed by atoms with Gasteiger partial charge in [0.05, 0.1) is 5.39 Å². The fraction of sp³-hybridized carbons (Fsp3) is 0.143. The lowest BCUT2D eigenvalue weighted by Crippen LogP contribution is -1.86. The van der Waals surface area contributed by atoms with Crippen molar-refractivity contribution in [1.82, 2.24) is 10.2 Å². The van der Waals surface area contributed by atoms with Gasteiger partial charge >= 0.3 is 0 Å². The standard InChI is InChI=1S/C7H6BrN3O/c1-3-6-4(2-5(9)12-6)7(8)11-10-3/h2H,9H2,1H3. The third kappa shape index (κ3) is 0.972. The van der Waals surface area contributed by atoms with Crippen LogP contribution in [0.3, 0.4) is 0 Å². The summed E-state index contributed by atoms with van der Waals surface area (Å²) in [5.41, 5.74) is 6.92. The first-order valence-corrected chi connectivity index (χ1v) is 4.15. The Labute approximate surface area is 76.9 Å². The molecule has 0 unspecified atom stereocenters. The molecule has 2 rings (SSSR count). The normalized spacial score (nSPS) is 10.8. The highest BCUT2D eigenvalue weighted by Gasteiger charge is 2.08. The highest BCUT2D eigenvalue weighted by Crippen LogP contribution is 2.27. The first-order valence-electron chi connectivity index (χ1n) is 3.36. The molecule has 2 heterocycles. The molecule has 2 aromatic heterocycles. The number of nitrogen functional groups attached to an aromatic ring is 1. The number of aromatic nitrogens is 2. The van der Waals surface area contributed by atoms with Crippen LogP contribution >= 0.6 is 15.9 Å². The van der Waals surface area contributed by atoms with Crippen molar-refractivity contribution in [1.29, 1.82) is 0 Å². The topological polar surface area (TPSA) is 64.9 Å². The van der Waals surface area contributed by atoms with Gasteiger partial charge in [-0.3, -0.25) is 0 Å². The third-order valence-corrected chi connectivity index (χ3v) is 2.18. The van der Waals surface area contributed by atoms with Crippen molar-refractivity contribution in [2.45, 2.75) is 6.92 Å². The molecule has 0 saturated heterocycles. The highest BCUT2D eigenvalue weighted by atomic mass is 79.9. The Balaban J connectivity index is 2.93. The number of rotatable bonds is 0. The summed E-state index contributed by atoms with van der Waals surface area (Å²) < 4.78 is 5.88. The predicted molar refractivity (Wildman–Crippen MR) is 48.7 cm³/mol. The first-order chi connectivity index (χ1) is 5.68. The van der Waals surface area contributed by atoms with Crippen LogP contribution in [0.1, 0.15) is 5.69 Å². The number of furan rings is 1. The van der Waals surface area contributed by atoms with E-state index < -0.39 is 0 Å². The number of hydrogen-bond acceptors (Lipinski definition) is 4. The molecule has 0 fully saturated rings. The summed E-state index contributed by atoms with van der Waals surface area (Å²) in [4.78, 5) is 0. The lowest BCUT2D eigenvalue weighted by atomic mass is 10.3. The van der Waals surface area contributed by atoms with Crippen LogP contribution in [0.4, 0.5) is 5.88 Å². The second-order valence-electron chi connectivity index (χ2n) is 2.47. The van der Waals surface area contributed by atoms with Gasteiger partial charge < -0.3 is 10.2 Å². The number of hydrogen-bond donors (Lipinski definition) is 1. The Hall–Kier alpha value is -1.10. The molecule has 0 aliphatic carbocycles. The molecule has 2 aromatic rings. The molecule has 0 atom stereocenters. The lowest BCUT2D eigenvalue weighted by Gasteiger charge is -1.92. The molecule has 0 saturated carbocycles. The number of nitrogens with zero attached hydrogens (tertiary/aromatic N) is 2. The average Bonchev–Trinajstić information content (AvgIpc) is 2.41. The number of halogens is 1. The molecule has 12 heavy (non-hydrogen) atoms. The van der Waals surface area contributed by atoms with Gasteiger partial charge in [-0.2, -0.15) is 5.10 Å². The maximum atomic E-state index is 5.49. The summed E-state index contributed by atoms with van der Waals surface area (Å²) in [7, 11) is 0. The molecule has 62 valence electrons. The predicted octanol–water partition coefficient (Wildman–Crippen LogP) is 1.88. The van der Waals surface area contributed by atoms with E-state index in [0.717, 1.165) is 11.1 Å². The van der Waals surface area contributed by atoms with Crippen molar-refractivity contribution in [3.63, 3.8) is 0 Å². The first kappa shape index (κ1) is 7.54. The van der Waals surface area contributed by atoms with Gasteiger partial charge in [-0.05, 0) is 22.9 Å². The lowest BCUT2D eigenvalue weighted by molar-refractivity contribution is 0.629. The fourth-order valence-electron chi connectivity index (χ4n) is 1.05. The molecule has 0 amide bonds. The Kier molecular flexibility index (Phi) is 1.54. The Morgan fingerprint density at radius 3 is 2.92 bits per heavy atom. The number of anilines is 1. The molecule has 0 spiro atoms. The van der Waals surface area contributed by atoms with Crippen LogP contribution in [-0.2, 0) is 0 Å². The van der Waals surface area contributed by atoms with Gasteiger partial charge in [0, 0.05) is 6.07 Å². The van der Waals surface area contributed by atoms with E-state index in [1.54, 1.807) is 6.07 Å². The van der Waals surface area contributed by atoms with Gasteiger partial charge in [-0.1, -0.05) is 0 Å². The molecule has 5 heteroatoms. The van der Waals surface area contributed by atoms with E-state index in [0.29, 0.717) is 16.1 Å². The summed E-state index contributed by atoms with van der Waals surface area (Å²) in [6.07, 6.45) is 0. The average molecular weight is 228 g/mol. The zero-order chi connectivity index (χ0) is 8.72. The molecular weight excluding hydrogens is 222 g/mol. The Morgan fingerprint density at radius 1 is 1.50 bits per heavy atom. The number of aryl methyl sites for hydroxylation is 1. The zero-order valence-corrected chi connectivity index (χ0v) is 7.92. The van der Waals surface area contributed by atoms with E-state index in [-0.39, 0.29) is 0 Å². The minimum atomic E-state index is 0.378. The van der Waals surface area contributed by atoms with Crippen LogP contribution in [0, 0.1) is 6.92 Å². The molecule has 4 nitrogen and oxygen atoms in total. The van der Waals surface area contributed by atoms with Gasteiger partial charge in [0.15, 0.2) is 11.5 Å². The molecule has 2 N–H and O–H groups in total. The SMILES string of the molecule is Cc1nnc(Br)c2cc(N)oc12. The molecule has 0 aliphatic heterocycles. The van der Waals surface area contributed by atoms with E-state index in [1.807, 2.05) is 6.92 Å². The van der Waals surface area contributed by atoms with Crippen molar-refractivity contribution < 1.29 is 4.42 Å². The van der Waals surface area contributed by atoms with Gasteiger partial charge in [-0.25, -0.2) is 0 Å². The second kappa shape index (κ2) is 2.45. The Bertz CT molecular complexity index is 398. The summed E-state index contributed by atoms with van der Waals surface area (Å²) in [6, 6.07) is 1.72. The highest BCUT2D eigenvalue weighted by molar-refractivity contribution is 9.10. The molecular formula is C7H6BrN3O. The fourth-order valence-corrected chi connectivity index (χ4v) is 1.42. The monoisotopic (exact) mass is 227 g/mol. The van der Waals surface area contributed by atoms with Gasteiger partial charge in [0.1, 0.15) is 10.3 Å². The summed E-state index contributed by atoms with van der Waals surface area (Å²) in [5.74, 6) is 0.378. The van der Waals surface area contributed by atoms with Crippen molar-refractivity contribution in [2.75, 3.05) is 5.73 Å². The number of fused-ring (bicyclic) bond motifs is 1. The minimum absolute atomic E-state index is 0.378. The largest absolute Gasteiger partial charge is 0.439 e. The molecule has 0 radical (unpaired) electrons. The van der Waals surface area contributed by atoms with E-state index >= 15 is 0 Å². The zero-order valence-electron chi connectivity index (χ0n) is 6.34. The maximum Gasteiger partial charge on any atom is 0.191 e. The van der Waals surface area contributed by atoms with Crippen LogP contribution < -0.4 is 5.73 Å². The van der Waals surface area contributed by atoms with Crippen LogP contribution in [0.25, 0.3) is 11.0 Å². The van der Waals surface area contributed by atoms with Crippen molar-refractivity contribution in [3.05, 3.63) is 16.4 Å². The van der Waals surface area contributed by atoms with Crippen LogP contribution in [-0.4, -0.2) is 10.2 Å². The van der Waals surface area contributed by atoms with Crippen molar-refractivity contribution in [2.24, 2.45) is 0 Å². The van der Waals surface area contributed by atoms with E-state index in [4.69, 9.17) is 10.2 Å². The Morgan fingerprint density at radius 2 is 2.25 bits per heavy atom. The summed E-state index contributed by atoms with van der Waals surface area (Å²) in [6.45, 7) is 1.82. The number of nitrogens with two attached hydrogens (primary N) is 1. The molecule has 0 aliphatic rings. The quantitative estimate of drug-likeness (QED) is 0.747. The maximum absolute atomic E-state index is 5.49. The van der Waals surface area contributed by atoms with Gasteiger partial charge in [-0.15, -0.1) is 5.10 Å². The molecule has 0 aromatic carbocycles.